The summed E-state index contributed by atoms with van der Waals surface area (Å²) in [6, 6.07) is 0. The number of aliphatic hydroxyl groups excluding tert-OH is 2. The average molecular weight is 234 g/mol. The molecule has 0 bridgehead atoms. The molecule has 0 aromatic rings. The molecular formula is C11H22O5. The highest BCUT2D eigenvalue weighted by molar-refractivity contribution is 4.82. The van der Waals surface area contributed by atoms with Crippen LogP contribution in [0.25, 0.3) is 0 Å². The van der Waals surface area contributed by atoms with E-state index in [0.717, 1.165) is 12.8 Å². The van der Waals surface area contributed by atoms with Gasteiger partial charge in [-0.05, 0) is 31.1 Å². The van der Waals surface area contributed by atoms with Crippen molar-refractivity contribution in [2.75, 3.05) is 0 Å². The second-order valence-electron chi connectivity index (χ2n) is 5.13. The lowest BCUT2D eigenvalue weighted by molar-refractivity contribution is -0.319. The summed E-state index contributed by atoms with van der Waals surface area (Å²) < 4.78 is 0. The van der Waals surface area contributed by atoms with Gasteiger partial charge in [0.25, 0.3) is 5.97 Å². The Labute approximate surface area is 95.4 Å². The first-order valence-corrected chi connectivity index (χ1v) is 5.81. The third-order valence-corrected chi connectivity index (χ3v) is 3.28. The molecule has 3 unspecified atom stereocenters. The summed E-state index contributed by atoms with van der Waals surface area (Å²) in [7, 11) is 0. The highest BCUT2D eigenvalue weighted by Gasteiger charge is 2.31. The minimum atomic E-state index is -2.59. The first-order chi connectivity index (χ1) is 7.28. The molecule has 16 heavy (non-hydrogen) atoms. The smallest absolute Gasteiger partial charge is 0.275 e. The Hall–Kier alpha value is -0.200. The average Bonchev–Trinajstić information content (AvgIpc) is 2.40. The Morgan fingerprint density at radius 1 is 1.12 bits per heavy atom. The fraction of sp³-hybridized carbons (Fsp3) is 1.00. The number of aliphatic hydroxyl groups is 5. The second-order valence-corrected chi connectivity index (χ2v) is 5.13. The minimum absolute atomic E-state index is 0.00474. The van der Waals surface area contributed by atoms with Crippen molar-refractivity contribution in [1.82, 2.24) is 0 Å². The molecule has 1 aliphatic carbocycles. The standard InChI is InChI=1S/C11H22O5/c1-7(6-11(14,15)16)2-3-8-4-9(12)10(13)5-8/h7-10,12-16H,2-6H2,1H3. The lowest BCUT2D eigenvalue weighted by Crippen LogP contribution is -2.29. The SMILES string of the molecule is CC(CCC1CC(O)C(O)C1)CC(O)(O)O. The van der Waals surface area contributed by atoms with Crippen LogP contribution in [0.1, 0.15) is 39.0 Å². The van der Waals surface area contributed by atoms with Crippen molar-refractivity contribution in [3.05, 3.63) is 0 Å². The summed E-state index contributed by atoms with van der Waals surface area (Å²) in [4.78, 5) is 0. The maximum absolute atomic E-state index is 9.35. The molecule has 0 saturated heterocycles. The van der Waals surface area contributed by atoms with Crippen molar-refractivity contribution in [3.8, 4) is 0 Å². The van der Waals surface area contributed by atoms with Gasteiger partial charge in [-0.2, -0.15) is 0 Å². The van der Waals surface area contributed by atoms with E-state index in [9.17, 15) is 10.2 Å². The van der Waals surface area contributed by atoms with E-state index in [4.69, 9.17) is 15.3 Å². The first kappa shape index (κ1) is 13.9. The van der Waals surface area contributed by atoms with E-state index >= 15 is 0 Å². The normalized spacial score (nSPS) is 33.0. The molecule has 5 heteroatoms. The van der Waals surface area contributed by atoms with Gasteiger partial charge in [-0.25, -0.2) is 0 Å². The van der Waals surface area contributed by atoms with Crippen molar-refractivity contribution in [2.24, 2.45) is 11.8 Å². The zero-order valence-electron chi connectivity index (χ0n) is 9.58. The van der Waals surface area contributed by atoms with Crippen LogP contribution in [0.4, 0.5) is 0 Å². The molecule has 0 aromatic heterocycles. The van der Waals surface area contributed by atoms with E-state index in [1.165, 1.54) is 0 Å². The lowest BCUT2D eigenvalue weighted by Gasteiger charge is -2.20. The summed E-state index contributed by atoms with van der Waals surface area (Å²) in [5.74, 6) is -2.30. The number of hydrogen-bond acceptors (Lipinski definition) is 5. The molecule has 96 valence electrons. The third-order valence-electron chi connectivity index (χ3n) is 3.28. The van der Waals surface area contributed by atoms with E-state index < -0.39 is 18.2 Å². The molecule has 3 atom stereocenters. The fourth-order valence-electron chi connectivity index (χ4n) is 2.42. The Balaban J connectivity index is 2.20. The number of hydrogen-bond donors (Lipinski definition) is 5. The largest absolute Gasteiger partial charge is 0.390 e. The van der Waals surface area contributed by atoms with Crippen LogP contribution in [0.3, 0.4) is 0 Å². The second kappa shape index (κ2) is 5.42. The molecule has 0 aromatic carbocycles. The van der Waals surface area contributed by atoms with Crippen LogP contribution in [-0.2, 0) is 0 Å². The Morgan fingerprint density at radius 3 is 2.06 bits per heavy atom. The highest BCUT2D eigenvalue weighted by Crippen LogP contribution is 2.31. The molecule has 1 aliphatic rings. The van der Waals surface area contributed by atoms with Gasteiger partial charge in [0.05, 0.1) is 12.2 Å². The van der Waals surface area contributed by atoms with E-state index in [2.05, 4.69) is 0 Å². The summed E-state index contributed by atoms with van der Waals surface area (Å²) in [6.45, 7) is 1.83. The molecule has 1 rings (SSSR count). The van der Waals surface area contributed by atoms with E-state index in [0.29, 0.717) is 12.8 Å². The topological polar surface area (TPSA) is 101 Å². The van der Waals surface area contributed by atoms with Crippen LogP contribution in [0.2, 0.25) is 0 Å². The van der Waals surface area contributed by atoms with Crippen molar-refractivity contribution >= 4 is 0 Å². The van der Waals surface area contributed by atoms with Gasteiger partial charge in [0.2, 0.25) is 0 Å². The molecule has 0 spiro atoms. The zero-order chi connectivity index (χ0) is 12.3. The van der Waals surface area contributed by atoms with Gasteiger partial charge >= 0.3 is 0 Å². The highest BCUT2D eigenvalue weighted by atomic mass is 16.7. The summed E-state index contributed by atoms with van der Waals surface area (Å²) in [6.07, 6.45) is 1.47. The molecule has 0 amide bonds. The maximum Gasteiger partial charge on any atom is 0.275 e. The van der Waals surface area contributed by atoms with Gasteiger partial charge in [-0.15, -0.1) is 0 Å². The van der Waals surface area contributed by atoms with Gasteiger partial charge < -0.3 is 25.5 Å². The summed E-state index contributed by atoms with van der Waals surface area (Å²) in [5, 5.41) is 45.1. The quantitative estimate of drug-likeness (QED) is 0.415. The molecule has 0 radical (unpaired) electrons. The number of rotatable bonds is 5. The van der Waals surface area contributed by atoms with Crippen molar-refractivity contribution < 1.29 is 25.5 Å². The summed E-state index contributed by atoms with van der Waals surface area (Å²) in [5.41, 5.74) is 0. The van der Waals surface area contributed by atoms with Crippen LogP contribution >= 0.6 is 0 Å². The predicted octanol–water partition coefficient (Wildman–Crippen LogP) is -0.445. The zero-order valence-corrected chi connectivity index (χ0v) is 9.58. The maximum atomic E-state index is 9.35. The van der Waals surface area contributed by atoms with Gasteiger partial charge in [0.1, 0.15) is 0 Å². The third kappa shape index (κ3) is 4.76. The Bertz CT molecular complexity index is 203. The van der Waals surface area contributed by atoms with Gasteiger partial charge in [-0.3, -0.25) is 0 Å². The van der Waals surface area contributed by atoms with E-state index in [1.54, 1.807) is 0 Å². The first-order valence-electron chi connectivity index (χ1n) is 5.81. The van der Waals surface area contributed by atoms with Gasteiger partial charge in [-0.1, -0.05) is 13.3 Å². The van der Waals surface area contributed by atoms with Crippen molar-refractivity contribution in [1.29, 1.82) is 0 Å². The molecule has 1 saturated carbocycles. The van der Waals surface area contributed by atoms with E-state index in [1.807, 2.05) is 6.92 Å². The molecule has 0 heterocycles. The van der Waals surface area contributed by atoms with Gasteiger partial charge in [0.15, 0.2) is 0 Å². The van der Waals surface area contributed by atoms with Crippen molar-refractivity contribution in [2.45, 2.75) is 57.2 Å². The Morgan fingerprint density at radius 2 is 1.62 bits per heavy atom. The fourth-order valence-corrected chi connectivity index (χ4v) is 2.42. The van der Waals surface area contributed by atoms with Crippen LogP contribution in [0.15, 0.2) is 0 Å². The lowest BCUT2D eigenvalue weighted by atomic mass is 9.93. The minimum Gasteiger partial charge on any atom is -0.390 e. The predicted molar refractivity (Wildman–Crippen MR) is 57.1 cm³/mol. The molecule has 1 fully saturated rings. The van der Waals surface area contributed by atoms with Crippen LogP contribution in [0, 0.1) is 11.8 Å². The van der Waals surface area contributed by atoms with Crippen LogP contribution < -0.4 is 0 Å². The van der Waals surface area contributed by atoms with E-state index in [-0.39, 0.29) is 18.3 Å². The molecule has 0 aliphatic heterocycles. The summed E-state index contributed by atoms with van der Waals surface area (Å²) >= 11 is 0. The van der Waals surface area contributed by atoms with Crippen LogP contribution in [0.5, 0.6) is 0 Å². The Kier molecular flexibility index (Phi) is 4.70. The molecule has 5 N–H and O–H groups in total. The van der Waals surface area contributed by atoms with Crippen molar-refractivity contribution in [3.63, 3.8) is 0 Å². The van der Waals surface area contributed by atoms with Gasteiger partial charge in [0, 0.05) is 6.42 Å². The van der Waals surface area contributed by atoms with Crippen LogP contribution in [-0.4, -0.2) is 43.7 Å². The molecular weight excluding hydrogens is 212 g/mol. The molecule has 5 nitrogen and oxygen atoms in total. The monoisotopic (exact) mass is 234 g/mol.